The molecule has 10 heteroatoms. The summed E-state index contributed by atoms with van der Waals surface area (Å²) >= 11 is 0. The number of carbonyl (C=O) groups excluding carboxylic acids is 1. The molecular weight excluding hydrogens is 435 g/mol. The van der Waals surface area contributed by atoms with Crippen LogP contribution in [0.15, 0.2) is 34.9 Å². The molecule has 0 spiro atoms. The van der Waals surface area contributed by atoms with E-state index in [-0.39, 0.29) is 35.0 Å². The summed E-state index contributed by atoms with van der Waals surface area (Å²) in [5.41, 5.74) is 2.47. The first-order valence-electron chi connectivity index (χ1n) is 10.6. The van der Waals surface area contributed by atoms with Crippen molar-refractivity contribution >= 4 is 26.8 Å². The van der Waals surface area contributed by atoms with E-state index in [9.17, 15) is 17.6 Å². The Labute approximate surface area is 184 Å². The molecule has 0 bridgehead atoms. The molecule has 2 saturated heterocycles. The van der Waals surface area contributed by atoms with Crippen molar-refractivity contribution in [3.8, 4) is 11.3 Å². The highest BCUT2D eigenvalue weighted by Crippen LogP contribution is 2.29. The van der Waals surface area contributed by atoms with Crippen LogP contribution in [0, 0.1) is 12.7 Å². The molecule has 0 radical (unpaired) electrons. The minimum absolute atomic E-state index is 0.0373. The normalized spacial score (nSPS) is 21.3. The van der Waals surface area contributed by atoms with Gasteiger partial charge in [-0.15, -0.1) is 0 Å². The quantitative estimate of drug-likeness (QED) is 0.594. The summed E-state index contributed by atoms with van der Waals surface area (Å²) in [5, 5.41) is 4.55. The van der Waals surface area contributed by atoms with E-state index in [2.05, 4.69) is 15.0 Å². The van der Waals surface area contributed by atoms with Gasteiger partial charge in [-0.05, 0) is 43.7 Å². The predicted octanol–water partition coefficient (Wildman–Crippen LogP) is 2.28. The van der Waals surface area contributed by atoms with Gasteiger partial charge in [-0.3, -0.25) is 9.69 Å². The molecule has 0 saturated carbocycles. The van der Waals surface area contributed by atoms with Crippen molar-refractivity contribution in [1.29, 1.82) is 0 Å². The number of nitrogens with zero attached hydrogens (tertiary/aromatic N) is 4. The first kappa shape index (κ1) is 21.0. The number of aryl methyl sites for hydroxylation is 1. The van der Waals surface area contributed by atoms with E-state index >= 15 is 0 Å². The number of hydrogen-bond donors (Lipinski definition) is 0. The Morgan fingerprint density at radius 3 is 2.53 bits per heavy atom. The molecule has 0 N–H and O–H groups in total. The summed E-state index contributed by atoms with van der Waals surface area (Å²) in [6.45, 7) is 4.05. The lowest BCUT2D eigenvalue weighted by atomic mass is 10.0. The van der Waals surface area contributed by atoms with Gasteiger partial charge in [-0.2, -0.15) is 0 Å². The van der Waals surface area contributed by atoms with Gasteiger partial charge in [0.15, 0.2) is 9.84 Å². The summed E-state index contributed by atoms with van der Waals surface area (Å²) in [4.78, 5) is 21.9. The topological polar surface area (TPSA) is 96.6 Å². The van der Waals surface area contributed by atoms with E-state index < -0.39 is 9.84 Å². The molecule has 168 valence electrons. The maximum absolute atomic E-state index is 13.5. The molecule has 2 aliphatic heterocycles. The molecule has 0 aliphatic carbocycles. The molecule has 1 amide bonds. The van der Waals surface area contributed by atoms with E-state index in [1.54, 1.807) is 30.0 Å². The van der Waals surface area contributed by atoms with Crippen LogP contribution in [0.4, 0.5) is 4.39 Å². The largest absolute Gasteiger partial charge is 0.336 e. The SMILES string of the molecule is Cc1noc2nc(-c3ccc(F)cc3)cc(C(=O)N3CCN(C4CCS(=O)(=O)C4)CC3)c12. The van der Waals surface area contributed by atoms with Crippen LogP contribution in [0.5, 0.6) is 0 Å². The number of benzene rings is 1. The number of amides is 1. The number of rotatable bonds is 3. The van der Waals surface area contributed by atoms with Crippen molar-refractivity contribution in [3.63, 3.8) is 0 Å². The second kappa shape index (κ2) is 7.93. The lowest BCUT2D eigenvalue weighted by Gasteiger charge is -2.37. The molecule has 32 heavy (non-hydrogen) atoms. The zero-order chi connectivity index (χ0) is 22.5. The van der Waals surface area contributed by atoms with E-state index in [1.807, 2.05) is 0 Å². The highest BCUT2D eigenvalue weighted by atomic mass is 32.2. The van der Waals surface area contributed by atoms with E-state index in [4.69, 9.17) is 4.52 Å². The van der Waals surface area contributed by atoms with Crippen molar-refractivity contribution in [3.05, 3.63) is 47.4 Å². The van der Waals surface area contributed by atoms with Crippen LogP contribution in [0.25, 0.3) is 22.4 Å². The monoisotopic (exact) mass is 458 g/mol. The van der Waals surface area contributed by atoms with Gasteiger partial charge in [0.25, 0.3) is 11.6 Å². The fourth-order valence-corrected chi connectivity index (χ4v) is 6.32. The van der Waals surface area contributed by atoms with Gasteiger partial charge in [0.05, 0.1) is 33.8 Å². The molecule has 5 rings (SSSR count). The Hall–Kier alpha value is -2.85. The van der Waals surface area contributed by atoms with Crippen molar-refractivity contribution in [1.82, 2.24) is 19.9 Å². The fourth-order valence-electron chi connectivity index (χ4n) is 4.56. The smallest absolute Gasteiger partial charge is 0.259 e. The average Bonchev–Trinajstić information content (AvgIpc) is 3.35. The summed E-state index contributed by atoms with van der Waals surface area (Å²) < 4.78 is 42.3. The van der Waals surface area contributed by atoms with Crippen LogP contribution in [0.3, 0.4) is 0 Å². The Bertz CT molecular complexity index is 1280. The fraction of sp³-hybridized carbons (Fsp3) is 0.409. The van der Waals surface area contributed by atoms with Crippen molar-refractivity contribution < 1.29 is 22.1 Å². The summed E-state index contributed by atoms with van der Waals surface area (Å²) in [7, 11) is -2.94. The standard InChI is InChI=1S/C22H23FN4O4S/c1-14-20-18(12-19(24-21(20)31-25-14)15-2-4-16(23)5-3-15)22(28)27-9-7-26(8-10-27)17-6-11-32(29,30)13-17/h2-5,12,17H,6-11,13H2,1H3. The number of carbonyl (C=O) groups is 1. The molecule has 1 atom stereocenters. The Kier molecular flexibility index (Phi) is 5.21. The number of fused-ring (bicyclic) bond motifs is 1. The molecule has 4 heterocycles. The summed E-state index contributed by atoms with van der Waals surface area (Å²) in [6, 6.07) is 7.64. The maximum Gasteiger partial charge on any atom is 0.259 e. The molecule has 2 fully saturated rings. The lowest BCUT2D eigenvalue weighted by molar-refractivity contribution is 0.0589. The molecule has 3 aromatic rings. The van der Waals surface area contributed by atoms with Crippen LogP contribution in [-0.4, -0.2) is 78.0 Å². The highest BCUT2D eigenvalue weighted by molar-refractivity contribution is 7.91. The number of sulfone groups is 1. The molecule has 2 aromatic heterocycles. The van der Waals surface area contributed by atoms with Crippen LogP contribution < -0.4 is 0 Å². The van der Waals surface area contributed by atoms with Crippen molar-refractivity contribution in [2.45, 2.75) is 19.4 Å². The molecule has 1 aromatic carbocycles. The second-order valence-electron chi connectivity index (χ2n) is 8.40. The zero-order valence-electron chi connectivity index (χ0n) is 17.6. The van der Waals surface area contributed by atoms with Gasteiger partial charge in [0, 0.05) is 37.8 Å². The Balaban J connectivity index is 1.41. The number of pyridine rings is 1. The second-order valence-corrected chi connectivity index (χ2v) is 10.6. The third-order valence-electron chi connectivity index (χ3n) is 6.31. The minimum atomic E-state index is -2.94. The van der Waals surface area contributed by atoms with Gasteiger partial charge < -0.3 is 9.42 Å². The number of piperazine rings is 1. The van der Waals surface area contributed by atoms with Crippen molar-refractivity contribution in [2.75, 3.05) is 37.7 Å². The van der Waals surface area contributed by atoms with Crippen molar-refractivity contribution in [2.24, 2.45) is 0 Å². The first-order valence-corrected chi connectivity index (χ1v) is 12.4. The third-order valence-corrected chi connectivity index (χ3v) is 8.06. The first-order chi connectivity index (χ1) is 15.3. The van der Waals surface area contributed by atoms with Crippen LogP contribution in [0.1, 0.15) is 22.5 Å². The van der Waals surface area contributed by atoms with Crippen LogP contribution in [-0.2, 0) is 9.84 Å². The Morgan fingerprint density at radius 2 is 1.88 bits per heavy atom. The molecule has 8 nitrogen and oxygen atoms in total. The van der Waals surface area contributed by atoms with E-state index in [1.165, 1.54) is 12.1 Å². The molecule has 2 aliphatic rings. The Morgan fingerprint density at radius 1 is 1.16 bits per heavy atom. The van der Waals surface area contributed by atoms with Gasteiger partial charge in [0.1, 0.15) is 5.82 Å². The zero-order valence-corrected chi connectivity index (χ0v) is 18.4. The van der Waals surface area contributed by atoms with E-state index in [0.29, 0.717) is 60.5 Å². The van der Waals surface area contributed by atoms with Gasteiger partial charge in [0.2, 0.25) is 0 Å². The lowest BCUT2D eigenvalue weighted by Crippen LogP contribution is -2.52. The van der Waals surface area contributed by atoms with Gasteiger partial charge in [-0.25, -0.2) is 17.8 Å². The summed E-state index contributed by atoms with van der Waals surface area (Å²) in [6.07, 6.45) is 0.655. The van der Waals surface area contributed by atoms with E-state index in [0.717, 1.165) is 0 Å². The number of hydrogen-bond acceptors (Lipinski definition) is 7. The van der Waals surface area contributed by atoms with Gasteiger partial charge >= 0.3 is 0 Å². The third kappa shape index (κ3) is 3.88. The van der Waals surface area contributed by atoms with Crippen LogP contribution in [0.2, 0.25) is 0 Å². The maximum atomic E-state index is 13.5. The predicted molar refractivity (Wildman–Crippen MR) is 116 cm³/mol. The number of aromatic nitrogens is 2. The molecule has 1 unspecified atom stereocenters. The minimum Gasteiger partial charge on any atom is -0.336 e. The average molecular weight is 459 g/mol. The highest BCUT2D eigenvalue weighted by Gasteiger charge is 2.35. The number of halogens is 1. The van der Waals surface area contributed by atoms with Gasteiger partial charge in [-0.1, -0.05) is 5.16 Å². The molecular formula is C22H23FN4O4S. The summed E-state index contributed by atoms with van der Waals surface area (Å²) in [5.74, 6) is -0.0577. The van der Waals surface area contributed by atoms with Crippen LogP contribution >= 0.6 is 0 Å².